The Kier molecular flexibility index (Phi) is 4.55. The average molecular weight is 417 g/mol. The number of carbonyl (C=O) groups excluding carboxylic acids is 1. The smallest absolute Gasteiger partial charge is 0.251 e. The molecule has 1 aliphatic carbocycles. The number of nitrogens with one attached hydrogen (secondary N) is 1. The normalized spacial score (nSPS) is 13.6. The van der Waals surface area contributed by atoms with E-state index in [1.807, 2.05) is 73.0 Å². The predicted molar refractivity (Wildman–Crippen MR) is 119 cm³/mol. The fourth-order valence-electron chi connectivity index (χ4n) is 3.71. The van der Waals surface area contributed by atoms with Crippen LogP contribution >= 0.6 is 11.6 Å². The van der Waals surface area contributed by atoms with Gasteiger partial charge in [-0.25, -0.2) is 0 Å². The van der Waals surface area contributed by atoms with Gasteiger partial charge >= 0.3 is 0 Å². The van der Waals surface area contributed by atoms with E-state index in [0.717, 1.165) is 46.3 Å². The summed E-state index contributed by atoms with van der Waals surface area (Å²) in [4.78, 5) is 12.5. The summed E-state index contributed by atoms with van der Waals surface area (Å²) in [5.41, 5.74) is 6.45. The van der Waals surface area contributed by atoms with Crippen LogP contribution in [0.2, 0.25) is 5.02 Å². The van der Waals surface area contributed by atoms with Crippen LogP contribution in [0.15, 0.2) is 54.7 Å². The van der Waals surface area contributed by atoms with Crippen molar-refractivity contribution in [1.29, 1.82) is 0 Å². The Morgan fingerprint density at radius 3 is 2.67 bits per heavy atom. The molecule has 2 aromatic carbocycles. The van der Waals surface area contributed by atoms with Gasteiger partial charge in [0, 0.05) is 23.4 Å². The Morgan fingerprint density at radius 2 is 1.90 bits per heavy atom. The van der Waals surface area contributed by atoms with Crippen LogP contribution < -0.4 is 5.32 Å². The minimum Gasteiger partial charge on any atom is -0.349 e. The number of amides is 1. The van der Waals surface area contributed by atoms with Crippen LogP contribution in [0.4, 0.5) is 0 Å². The molecule has 1 amide bonds. The SMILES string of the molecule is Cc1ccc(C(=O)NC2CC2)cc1-c1ccn2c(-c3c(C)cccc3Cl)nnc2c1. The van der Waals surface area contributed by atoms with Crippen LogP contribution in [0.1, 0.15) is 34.3 Å². The topological polar surface area (TPSA) is 59.3 Å². The fourth-order valence-corrected chi connectivity index (χ4v) is 4.02. The molecule has 6 heteroatoms. The van der Waals surface area contributed by atoms with E-state index >= 15 is 0 Å². The summed E-state index contributed by atoms with van der Waals surface area (Å²) in [6.07, 6.45) is 4.10. The first-order chi connectivity index (χ1) is 14.5. The number of fused-ring (bicyclic) bond motifs is 1. The van der Waals surface area contributed by atoms with Gasteiger partial charge in [-0.3, -0.25) is 9.20 Å². The predicted octanol–water partition coefficient (Wildman–Crippen LogP) is 5.23. The highest BCUT2D eigenvalue weighted by molar-refractivity contribution is 6.33. The van der Waals surface area contributed by atoms with E-state index in [1.165, 1.54) is 0 Å². The number of benzene rings is 2. The third-order valence-electron chi connectivity index (χ3n) is 5.58. The van der Waals surface area contributed by atoms with Crippen molar-refractivity contribution in [1.82, 2.24) is 19.9 Å². The molecule has 1 aliphatic rings. The molecule has 4 aromatic rings. The molecule has 0 aliphatic heterocycles. The number of pyridine rings is 1. The number of halogens is 1. The van der Waals surface area contributed by atoms with Gasteiger partial charge < -0.3 is 5.32 Å². The number of hydrogen-bond acceptors (Lipinski definition) is 3. The van der Waals surface area contributed by atoms with E-state index in [1.54, 1.807) is 0 Å². The molecule has 30 heavy (non-hydrogen) atoms. The number of aromatic nitrogens is 3. The summed E-state index contributed by atoms with van der Waals surface area (Å²) >= 11 is 6.44. The van der Waals surface area contributed by atoms with Gasteiger partial charge in [0.15, 0.2) is 11.5 Å². The van der Waals surface area contributed by atoms with Crippen LogP contribution in [0, 0.1) is 13.8 Å². The second-order valence-corrected chi connectivity index (χ2v) is 8.28. The Morgan fingerprint density at radius 1 is 1.07 bits per heavy atom. The number of aryl methyl sites for hydroxylation is 2. The molecule has 5 nitrogen and oxygen atoms in total. The van der Waals surface area contributed by atoms with Gasteiger partial charge in [0.2, 0.25) is 0 Å². The molecule has 0 radical (unpaired) electrons. The maximum Gasteiger partial charge on any atom is 0.251 e. The molecule has 2 aromatic heterocycles. The molecular formula is C24H21ClN4O. The number of carbonyl (C=O) groups is 1. The lowest BCUT2D eigenvalue weighted by molar-refractivity contribution is 0.0951. The molecule has 0 atom stereocenters. The van der Waals surface area contributed by atoms with Crippen molar-refractivity contribution < 1.29 is 4.79 Å². The molecular weight excluding hydrogens is 396 g/mol. The first-order valence-electron chi connectivity index (χ1n) is 10.0. The molecule has 0 saturated heterocycles. The third kappa shape index (κ3) is 3.35. The number of nitrogens with zero attached hydrogens (tertiary/aromatic N) is 3. The zero-order chi connectivity index (χ0) is 20.8. The van der Waals surface area contributed by atoms with Crippen molar-refractivity contribution in [2.45, 2.75) is 32.7 Å². The Hall–Kier alpha value is -3.18. The standard InChI is InChI=1S/C24H21ClN4O/c1-14-6-7-17(24(30)26-18-8-9-18)12-19(14)16-10-11-29-21(13-16)27-28-23(29)22-15(2)4-3-5-20(22)25/h3-7,10-13,18H,8-9H2,1-2H3,(H,26,30). The van der Waals surface area contributed by atoms with E-state index < -0.39 is 0 Å². The van der Waals surface area contributed by atoms with Gasteiger partial charge in [-0.05, 0) is 79.3 Å². The highest BCUT2D eigenvalue weighted by atomic mass is 35.5. The van der Waals surface area contributed by atoms with E-state index in [-0.39, 0.29) is 5.91 Å². The molecule has 5 rings (SSSR count). The average Bonchev–Trinajstić information content (AvgIpc) is 3.45. The lowest BCUT2D eigenvalue weighted by atomic mass is 9.98. The molecule has 1 saturated carbocycles. The lowest BCUT2D eigenvalue weighted by Crippen LogP contribution is -2.25. The van der Waals surface area contributed by atoms with Crippen molar-refractivity contribution in [3.05, 3.63) is 76.4 Å². The van der Waals surface area contributed by atoms with E-state index in [0.29, 0.717) is 22.5 Å². The highest BCUT2D eigenvalue weighted by Crippen LogP contribution is 2.32. The largest absolute Gasteiger partial charge is 0.349 e. The maximum atomic E-state index is 12.5. The van der Waals surface area contributed by atoms with E-state index in [9.17, 15) is 4.79 Å². The summed E-state index contributed by atoms with van der Waals surface area (Å²) in [5, 5.41) is 12.5. The van der Waals surface area contributed by atoms with Gasteiger partial charge in [0.25, 0.3) is 5.91 Å². The molecule has 1 fully saturated rings. The van der Waals surface area contributed by atoms with Crippen molar-refractivity contribution >= 4 is 23.2 Å². The summed E-state index contributed by atoms with van der Waals surface area (Å²) in [5.74, 6) is 0.702. The lowest BCUT2D eigenvalue weighted by Gasteiger charge is -2.11. The van der Waals surface area contributed by atoms with Crippen LogP contribution in [0.5, 0.6) is 0 Å². The summed E-state index contributed by atoms with van der Waals surface area (Å²) in [6.45, 7) is 4.06. The zero-order valence-electron chi connectivity index (χ0n) is 16.8. The van der Waals surface area contributed by atoms with Crippen LogP contribution in [0.25, 0.3) is 28.2 Å². The Bertz CT molecular complexity index is 1270. The maximum absolute atomic E-state index is 12.5. The second-order valence-electron chi connectivity index (χ2n) is 7.88. The molecule has 0 spiro atoms. The number of hydrogen-bond donors (Lipinski definition) is 1. The second kappa shape index (κ2) is 7.26. The minimum atomic E-state index is -0.0150. The Labute approximate surface area is 179 Å². The first kappa shape index (κ1) is 18.8. The zero-order valence-corrected chi connectivity index (χ0v) is 17.6. The van der Waals surface area contributed by atoms with Gasteiger partial charge in [0.05, 0.1) is 5.02 Å². The summed E-state index contributed by atoms with van der Waals surface area (Å²) in [7, 11) is 0. The quantitative estimate of drug-likeness (QED) is 0.495. The van der Waals surface area contributed by atoms with Crippen LogP contribution in [-0.2, 0) is 0 Å². The van der Waals surface area contributed by atoms with Crippen molar-refractivity contribution in [2.75, 3.05) is 0 Å². The first-order valence-corrected chi connectivity index (χ1v) is 10.4. The van der Waals surface area contributed by atoms with Gasteiger partial charge in [-0.2, -0.15) is 0 Å². The molecule has 0 bridgehead atoms. The molecule has 1 N–H and O–H groups in total. The minimum absolute atomic E-state index is 0.0150. The molecule has 0 unspecified atom stereocenters. The fraction of sp³-hybridized carbons (Fsp3) is 0.208. The number of rotatable bonds is 4. The van der Waals surface area contributed by atoms with Crippen molar-refractivity contribution in [3.63, 3.8) is 0 Å². The van der Waals surface area contributed by atoms with Gasteiger partial charge in [-0.1, -0.05) is 29.8 Å². The van der Waals surface area contributed by atoms with Crippen molar-refractivity contribution in [2.24, 2.45) is 0 Å². The monoisotopic (exact) mass is 416 g/mol. The van der Waals surface area contributed by atoms with E-state index in [4.69, 9.17) is 11.6 Å². The van der Waals surface area contributed by atoms with Crippen LogP contribution in [-0.4, -0.2) is 26.5 Å². The molecule has 150 valence electrons. The van der Waals surface area contributed by atoms with Crippen molar-refractivity contribution in [3.8, 4) is 22.5 Å². The van der Waals surface area contributed by atoms with E-state index in [2.05, 4.69) is 15.5 Å². The van der Waals surface area contributed by atoms with Gasteiger partial charge in [-0.15, -0.1) is 10.2 Å². The highest BCUT2D eigenvalue weighted by Gasteiger charge is 2.24. The summed E-state index contributed by atoms with van der Waals surface area (Å²) in [6, 6.07) is 16.0. The third-order valence-corrected chi connectivity index (χ3v) is 5.89. The molecule has 2 heterocycles. The summed E-state index contributed by atoms with van der Waals surface area (Å²) < 4.78 is 1.94. The van der Waals surface area contributed by atoms with Gasteiger partial charge in [0.1, 0.15) is 0 Å². The Balaban J connectivity index is 1.56. The van der Waals surface area contributed by atoms with Crippen LogP contribution in [0.3, 0.4) is 0 Å².